The standard InChI is InChI=1S/C21H22N6/c1-27(2)21-16(5-3-10-23-21)13-25-19-8-7-15(12-24-19)11-17-14-26-20-18(17)6-4-9-22-20/h3-10,12,14H,11,13H2,1-2H3,(H,22,26)(H,24,25). The third-order valence-electron chi connectivity index (χ3n) is 4.51. The van der Waals surface area contributed by atoms with Gasteiger partial charge in [-0.15, -0.1) is 0 Å². The maximum absolute atomic E-state index is 4.56. The van der Waals surface area contributed by atoms with E-state index >= 15 is 0 Å². The van der Waals surface area contributed by atoms with E-state index in [0.29, 0.717) is 6.54 Å². The molecule has 6 heteroatoms. The second-order valence-electron chi connectivity index (χ2n) is 6.68. The van der Waals surface area contributed by atoms with E-state index in [9.17, 15) is 0 Å². The van der Waals surface area contributed by atoms with E-state index in [0.717, 1.165) is 34.7 Å². The Balaban J connectivity index is 1.44. The third kappa shape index (κ3) is 3.74. The van der Waals surface area contributed by atoms with Crippen LogP contribution in [-0.4, -0.2) is 34.0 Å². The van der Waals surface area contributed by atoms with E-state index in [1.165, 1.54) is 11.1 Å². The van der Waals surface area contributed by atoms with Crippen molar-refractivity contribution < 1.29 is 0 Å². The summed E-state index contributed by atoms with van der Waals surface area (Å²) in [6.45, 7) is 0.682. The number of nitrogens with zero attached hydrogens (tertiary/aromatic N) is 4. The van der Waals surface area contributed by atoms with Crippen LogP contribution in [0.3, 0.4) is 0 Å². The highest BCUT2D eigenvalue weighted by Crippen LogP contribution is 2.20. The van der Waals surface area contributed by atoms with E-state index in [1.807, 2.05) is 55.8 Å². The number of aromatic amines is 1. The normalized spacial score (nSPS) is 10.9. The average molecular weight is 358 g/mol. The lowest BCUT2D eigenvalue weighted by molar-refractivity contribution is 1.01. The summed E-state index contributed by atoms with van der Waals surface area (Å²) in [5.74, 6) is 1.82. The number of anilines is 2. The number of nitrogens with one attached hydrogen (secondary N) is 2. The molecule has 0 fully saturated rings. The molecule has 0 spiro atoms. The van der Waals surface area contributed by atoms with Gasteiger partial charge in [-0.1, -0.05) is 12.1 Å². The van der Waals surface area contributed by atoms with E-state index in [2.05, 4.69) is 43.5 Å². The average Bonchev–Trinajstić information content (AvgIpc) is 3.10. The van der Waals surface area contributed by atoms with Gasteiger partial charge in [-0.25, -0.2) is 15.0 Å². The van der Waals surface area contributed by atoms with Crippen LogP contribution in [0.15, 0.2) is 61.2 Å². The summed E-state index contributed by atoms with van der Waals surface area (Å²) in [7, 11) is 4.00. The molecule has 0 unspecified atom stereocenters. The predicted octanol–water partition coefficient (Wildman–Crippen LogP) is 3.62. The van der Waals surface area contributed by atoms with Gasteiger partial charge in [0.05, 0.1) is 0 Å². The van der Waals surface area contributed by atoms with Crippen molar-refractivity contribution in [2.75, 3.05) is 24.3 Å². The largest absolute Gasteiger partial charge is 0.366 e. The van der Waals surface area contributed by atoms with Crippen molar-refractivity contribution in [1.82, 2.24) is 19.9 Å². The van der Waals surface area contributed by atoms with Gasteiger partial charge in [-0.2, -0.15) is 0 Å². The molecule has 0 aliphatic rings. The summed E-state index contributed by atoms with van der Waals surface area (Å²) in [6, 6.07) is 12.2. The van der Waals surface area contributed by atoms with Gasteiger partial charge in [0.2, 0.25) is 0 Å². The van der Waals surface area contributed by atoms with Crippen LogP contribution in [0.4, 0.5) is 11.6 Å². The van der Waals surface area contributed by atoms with Gasteiger partial charge in [0.25, 0.3) is 0 Å². The molecule has 0 atom stereocenters. The lowest BCUT2D eigenvalue weighted by Crippen LogP contribution is -2.14. The zero-order valence-corrected chi connectivity index (χ0v) is 15.5. The van der Waals surface area contributed by atoms with Gasteiger partial charge in [-0.05, 0) is 35.4 Å². The van der Waals surface area contributed by atoms with E-state index in [1.54, 1.807) is 6.20 Å². The fraction of sp³-hybridized carbons (Fsp3) is 0.190. The van der Waals surface area contributed by atoms with Crippen molar-refractivity contribution in [1.29, 1.82) is 0 Å². The first-order valence-corrected chi connectivity index (χ1v) is 8.92. The van der Waals surface area contributed by atoms with Gasteiger partial charge in [0.15, 0.2) is 0 Å². The van der Waals surface area contributed by atoms with Gasteiger partial charge in [0.1, 0.15) is 17.3 Å². The molecule has 6 nitrogen and oxygen atoms in total. The van der Waals surface area contributed by atoms with E-state index in [4.69, 9.17) is 0 Å². The fourth-order valence-corrected chi connectivity index (χ4v) is 3.17. The molecule has 0 aromatic carbocycles. The second-order valence-corrected chi connectivity index (χ2v) is 6.68. The number of hydrogen-bond donors (Lipinski definition) is 2. The molecule has 0 saturated carbocycles. The molecule has 27 heavy (non-hydrogen) atoms. The Morgan fingerprint density at radius 2 is 1.81 bits per heavy atom. The maximum atomic E-state index is 4.56. The van der Waals surface area contributed by atoms with Crippen LogP contribution in [0.5, 0.6) is 0 Å². The fourth-order valence-electron chi connectivity index (χ4n) is 3.17. The lowest BCUT2D eigenvalue weighted by atomic mass is 10.1. The van der Waals surface area contributed by atoms with Crippen molar-refractivity contribution in [3.63, 3.8) is 0 Å². The molecule has 0 aliphatic heterocycles. The first-order chi connectivity index (χ1) is 13.2. The Morgan fingerprint density at radius 3 is 2.63 bits per heavy atom. The summed E-state index contributed by atoms with van der Waals surface area (Å²) in [6.07, 6.45) is 8.38. The maximum Gasteiger partial charge on any atom is 0.137 e. The Hall–Kier alpha value is -3.41. The molecule has 4 rings (SSSR count). The molecule has 2 N–H and O–H groups in total. The number of fused-ring (bicyclic) bond motifs is 1. The molecule has 4 heterocycles. The molecule has 0 radical (unpaired) electrons. The van der Waals surface area contributed by atoms with Gasteiger partial charge < -0.3 is 15.2 Å². The zero-order chi connectivity index (χ0) is 18.6. The number of hydrogen-bond acceptors (Lipinski definition) is 5. The zero-order valence-electron chi connectivity index (χ0n) is 15.5. The predicted molar refractivity (Wildman–Crippen MR) is 109 cm³/mol. The number of pyridine rings is 3. The second kappa shape index (κ2) is 7.45. The summed E-state index contributed by atoms with van der Waals surface area (Å²) in [5, 5.41) is 4.54. The minimum Gasteiger partial charge on any atom is -0.366 e. The van der Waals surface area contributed by atoms with Crippen molar-refractivity contribution in [2.45, 2.75) is 13.0 Å². The van der Waals surface area contributed by atoms with Crippen LogP contribution >= 0.6 is 0 Å². The van der Waals surface area contributed by atoms with Crippen molar-refractivity contribution >= 4 is 22.7 Å². The van der Waals surface area contributed by atoms with Crippen LogP contribution in [0, 0.1) is 0 Å². The smallest absolute Gasteiger partial charge is 0.137 e. The summed E-state index contributed by atoms with van der Waals surface area (Å²) < 4.78 is 0. The molecule has 136 valence electrons. The third-order valence-corrected chi connectivity index (χ3v) is 4.51. The topological polar surface area (TPSA) is 69.7 Å². The Bertz CT molecular complexity index is 1040. The minimum absolute atomic E-state index is 0.682. The molecule has 4 aromatic heterocycles. The van der Waals surface area contributed by atoms with Crippen LogP contribution < -0.4 is 10.2 Å². The molecule has 0 bridgehead atoms. The highest BCUT2D eigenvalue weighted by molar-refractivity contribution is 5.79. The highest BCUT2D eigenvalue weighted by Gasteiger charge is 2.07. The Labute approximate surface area is 158 Å². The van der Waals surface area contributed by atoms with E-state index < -0.39 is 0 Å². The Kier molecular flexibility index (Phi) is 4.70. The van der Waals surface area contributed by atoms with Crippen LogP contribution in [0.25, 0.3) is 11.0 Å². The van der Waals surface area contributed by atoms with Crippen LogP contribution in [0.1, 0.15) is 16.7 Å². The SMILES string of the molecule is CN(C)c1ncccc1CNc1ccc(Cc2c[nH]c3ncccc23)cn1. The van der Waals surface area contributed by atoms with Crippen molar-refractivity contribution in [2.24, 2.45) is 0 Å². The van der Waals surface area contributed by atoms with Crippen LogP contribution in [-0.2, 0) is 13.0 Å². The number of H-pyrrole nitrogens is 1. The van der Waals surface area contributed by atoms with E-state index in [-0.39, 0.29) is 0 Å². The molecule has 0 aliphatic carbocycles. The van der Waals surface area contributed by atoms with Gasteiger partial charge in [0, 0.05) is 62.8 Å². The van der Waals surface area contributed by atoms with Crippen molar-refractivity contribution in [3.8, 4) is 0 Å². The monoisotopic (exact) mass is 358 g/mol. The minimum atomic E-state index is 0.682. The molecular weight excluding hydrogens is 336 g/mol. The molecule has 0 amide bonds. The van der Waals surface area contributed by atoms with Crippen molar-refractivity contribution in [3.05, 3.63) is 77.9 Å². The van der Waals surface area contributed by atoms with Crippen LogP contribution in [0.2, 0.25) is 0 Å². The first-order valence-electron chi connectivity index (χ1n) is 8.92. The first kappa shape index (κ1) is 17.0. The lowest BCUT2D eigenvalue weighted by Gasteiger charge is -2.16. The summed E-state index contributed by atoms with van der Waals surface area (Å²) in [5.41, 5.74) is 4.46. The summed E-state index contributed by atoms with van der Waals surface area (Å²) >= 11 is 0. The quantitative estimate of drug-likeness (QED) is 0.551. The number of aromatic nitrogens is 4. The molecule has 0 saturated heterocycles. The molecule has 4 aromatic rings. The molecular formula is C21H22N6. The Morgan fingerprint density at radius 1 is 0.963 bits per heavy atom. The number of rotatable bonds is 6. The highest BCUT2D eigenvalue weighted by atomic mass is 15.1. The van der Waals surface area contributed by atoms with Gasteiger partial charge in [-0.3, -0.25) is 0 Å². The van der Waals surface area contributed by atoms with Gasteiger partial charge >= 0.3 is 0 Å². The summed E-state index contributed by atoms with van der Waals surface area (Å²) in [4.78, 5) is 18.6.